The third-order valence-electron chi connectivity index (χ3n) is 0.365. The summed E-state index contributed by atoms with van der Waals surface area (Å²) in [4.78, 5) is 18.0. The topological polar surface area (TPSA) is 101 Å². The number of rotatable bonds is 1. The average molecular weight is 149 g/mol. The second kappa shape index (κ2) is 5.54. The van der Waals surface area contributed by atoms with E-state index in [1.54, 1.807) is 0 Å². The maximum atomic E-state index is 9.60. The number of aliphatic carboxylic acids is 1. The predicted octanol–water partition coefficient (Wildman–Crippen LogP) is 0.299. The molecule has 0 aromatic carbocycles. The minimum atomic E-state index is -1.50. The van der Waals surface area contributed by atoms with Crippen molar-refractivity contribution in [1.29, 1.82) is 0 Å². The molecule has 0 saturated heterocycles. The summed E-state index contributed by atoms with van der Waals surface area (Å²) < 4.78 is 0. The SMILES string of the molecule is C=C(C)C(=O)O.O=[N+]([O-])O. The predicted molar refractivity (Wildman–Crippen MR) is 31.2 cm³/mol. The summed E-state index contributed by atoms with van der Waals surface area (Å²) in [7, 11) is 0. The zero-order chi connectivity index (χ0) is 8.73. The monoisotopic (exact) mass is 149 g/mol. The van der Waals surface area contributed by atoms with Crippen LogP contribution in [-0.4, -0.2) is 21.4 Å². The van der Waals surface area contributed by atoms with Crippen LogP contribution in [0.3, 0.4) is 0 Å². The van der Waals surface area contributed by atoms with Crippen LogP contribution in [-0.2, 0) is 4.79 Å². The Kier molecular flexibility index (Phi) is 6.23. The molecule has 0 atom stereocenters. The van der Waals surface area contributed by atoms with Crippen molar-refractivity contribution >= 4 is 5.97 Å². The normalized spacial score (nSPS) is 6.90. The molecule has 0 aliphatic carbocycles. The highest BCUT2D eigenvalue weighted by Crippen LogP contribution is 1.81. The highest BCUT2D eigenvalue weighted by Gasteiger charge is 1.90. The van der Waals surface area contributed by atoms with Gasteiger partial charge in [0.05, 0.1) is 0 Å². The lowest BCUT2D eigenvalue weighted by atomic mass is 10.4. The fourth-order valence-electron chi connectivity index (χ4n) is 0. The van der Waals surface area contributed by atoms with Crippen molar-refractivity contribution in [3.05, 3.63) is 22.3 Å². The maximum Gasteiger partial charge on any atom is 0.330 e. The molecular weight excluding hydrogens is 142 g/mol. The van der Waals surface area contributed by atoms with Gasteiger partial charge in [-0.05, 0) is 6.92 Å². The fourth-order valence-corrected chi connectivity index (χ4v) is 0. The zero-order valence-electron chi connectivity index (χ0n) is 5.27. The van der Waals surface area contributed by atoms with Crippen LogP contribution in [0, 0.1) is 10.1 Å². The van der Waals surface area contributed by atoms with Gasteiger partial charge in [0.25, 0.3) is 5.09 Å². The first-order valence-electron chi connectivity index (χ1n) is 2.10. The molecule has 6 heteroatoms. The van der Waals surface area contributed by atoms with Gasteiger partial charge in [0.15, 0.2) is 0 Å². The Morgan fingerprint density at radius 3 is 1.80 bits per heavy atom. The molecule has 6 nitrogen and oxygen atoms in total. The Morgan fingerprint density at radius 2 is 1.80 bits per heavy atom. The van der Waals surface area contributed by atoms with Crippen LogP contribution in [0.2, 0.25) is 0 Å². The number of hydrogen-bond donors (Lipinski definition) is 2. The van der Waals surface area contributed by atoms with Crippen LogP contribution in [0.25, 0.3) is 0 Å². The molecule has 0 saturated carbocycles. The van der Waals surface area contributed by atoms with Crippen LogP contribution in [0.15, 0.2) is 12.2 Å². The molecule has 0 heterocycles. The molecule has 0 rings (SSSR count). The van der Waals surface area contributed by atoms with E-state index in [4.69, 9.17) is 20.4 Å². The smallest absolute Gasteiger partial charge is 0.330 e. The number of nitrogens with zero attached hydrogens (tertiary/aromatic N) is 1. The van der Waals surface area contributed by atoms with Gasteiger partial charge in [0, 0.05) is 5.57 Å². The minimum Gasteiger partial charge on any atom is -0.478 e. The lowest BCUT2D eigenvalue weighted by Gasteiger charge is -1.79. The van der Waals surface area contributed by atoms with E-state index >= 15 is 0 Å². The van der Waals surface area contributed by atoms with Gasteiger partial charge in [-0.3, -0.25) is 0 Å². The van der Waals surface area contributed by atoms with Gasteiger partial charge >= 0.3 is 5.97 Å². The third-order valence-corrected chi connectivity index (χ3v) is 0.365. The van der Waals surface area contributed by atoms with Gasteiger partial charge in [0.1, 0.15) is 0 Å². The quantitative estimate of drug-likeness (QED) is 0.317. The average Bonchev–Trinajstić information content (AvgIpc) is 1.63. The molecule has 58 valence electrons. The van der Waals surface area contributed by atoms with Crippen molar-refractivity contribution in [1.82, 2.24) is 0 Å². The van der Waals surface area contributed by atoms with Crippen molar-refractivity contribution in [2.75, 3.05) is 0 Å². The highest BCUT2D eigenvalue weighted by atomic mass is 16.9. The molecule has 0 bridgehead atoms. The Morgan fingerprint density at radius 1 is 1.70 bits per heavy atom. The van der Waals surface area contributed by atoms with Gasteiger partial charge < -0.3 is 10.3 Å². The van der Waals surface area contributed by atoms with Crippen LogP contribution >= 0.6 is 0 Å². The largest absolute Gasteiger partial charge is 0.478 e. The summed E-state index contributed by atoms with van der Waals surface area (Å²) >= 11 is 0. The molecule has 0 aliphatic heterocycles. The second-order valence-corrected chi connectivity index (χ2v) is 1.32. The van der Waals surface area contributed by atoms with E-state index in [2.05, 4.69) is 6.58 Å². The lowest BCUT2D eigenvalue weighted by molar-refractivity contribution is -0.742. The lowest BCUT2D eigenvalue weighted by Crippen LogP contribution is -1.92. The molecule has 0 amide bonds. The molecule has 0 unspecified atom stereocenters. The molecule has 10 heavy (non-hydrogen) atoms. The summed E-state index contributed by atoms with van der Waals surface area (Å²) in [5.74, 6) is -0.935. The van der Waals surface area contributed by atoms with E-state index in [1.807, 2.05) is 0 Å². The summed E-state index contributed by atoms with van der Waals surface area (Å²) in [5.41, 5.74) is 0.176. The molecule has 0 spiro atoms. The molecular formula is C4H7NO5. The van der Waals surface area contributed by atoms with Gasteiger partial charge in [-0.25, -0.2) is 4.79 Å². The molecule has 0 radical (unpaired) electrons. The maximum absolute atomic E-state index is 9.60. The van der Waals surface area contributed by atoms with E-state index in [0.717, 1.165) is 0 Å². The Bertz CT molecular complexity index is 136. The van der Waals surface area contributed by atoms with Gasteiger partial charge in [-0.15, -0.1) is 10.1 Å². The van der Waals surface area contributed by atoms with E-state index in [-0.39, 0.29) is 5.57 Å². The molecule has 0 aliphatic rings. The molecule has 0 aromatic rings. The first-order valence-corrected chi connectivity index (χ1v) is 2.10. The molecule has 2 N–H and O–H groups in total. The van der Waals surface area contributed by atoms with E-state index < -0.39 is 11.1 Å². The van der Waals surface area contributed by atoms with Crippen molar-refractivity contribution in [3.8, 4) is 0 Å². The van der Waals surface area contributed by atoms with E-state index in [1.165, 1.54) is 6.92 Å². The summed E-state index contributed by atoms with van der Waals surface area (Å²) in [6, 6.07) is 0. The second-order valence-electron chi connectivity index (χ2n) is 1.32. The number of carboxylic acid groups (broad SMARTS) is 1. The minimum absolute atomic E-state index is 0.176. The van der Waals surface area contributed by atoms with Crippen LogP contribution in [0.5, 0.6) is 0 Å². The summed E-state index contributed by atoms with van der Waals surface area (Å²) in [6.07, 6.45) is 0. The number of carboxylic acids is 1. The molecule has 0 aromatic heterocycles. The Labute approximate surface area is 56.5 Å². The highest BCUT2D eigenvalue weighted by molar-refractivity contribution is 5.84. The van der Waals surface area contributed by atoms with Crippen LogP contribution in [0.1, 0.15) is 6.92 Å². The first kappa shape index (κ1) is 11.2. The van der Waals surface area contributed by atoms with Crippen molar-refractivity contribution in [2.45, 2.75) is 6.92 Å². The van der Waals surface area contributed by atoms with E-state index in [0.29, 0.717) is 0 Å². The Balaban J connectivity index is 0. The van der Waals surface area contributed by atoms with Gasteiger partial charge in [0.2, 0.25) is 0 Å². The van der Waals surface area contributed by atoms with Crippen LogP contribution in [0.4, 0.5) is 0 Å². The standard InChI is InChI=1S/C4H6O2.HNO3/c1-3(2)4(5)6;2-1(3)4/h1H2,2H3,(H,5,6);(H,2,3,4). The third kappa shape index (κ3) is 32.3. The van der Waals surface area contributed by atoms with Gasteiger partial charge in [-0.1, -0.05) is 6.58 Å². The van der Waals surface area contributed by atoms with Gasteiger partial charge in [-0.2, -0.15) is 0 Å². The van der Waals surface area contributed by atoms with E-state index in [9.17, 15) is 4.79 Å². The van der Waals surface area contributed by atoms with Crippen LogP contribution < -0.4 is 0 Å². The zero-order valence-corrected chi connectivity index (χ0v) is 5.27. The summed E-state index contributed by atoms with van der Waals surface area (Å²) in [5, 5.41) is 21.5. The van der Waals surface area contributed by atoms with Crippen molar-refractivity contribution in [2.24, 2.45) is 0 Å². The number of carbonyl (C=O) groups is 1. The number of hydrogen-bond acceptors (Lipinski definition) is 3. The Hall–Kier alpha value is -1.59. The van der Waals surface area contributed by atoms with Crippen molar-refractivity contribution < 1.29 is 20.2 Å². The molecule has 0 fully saturated rings. The first-order chi connectivity index (χ1) is 4.37. The summed E-state index contributed by atoms with van der Waals surface area (Å²) in [6.45, 7) is 4.60. The van der Waals surface area contributed by atoms with Crippen molar-refractivity contribution in [3.63, 3.8) is 0 Å². The fraction of sp³-hybridized carbons (Fsp3) is 0.250.